The van der Waals surface area contributed by atoms with E-state index in [4.69, 9.17) is 4.74 Å². The molecule has 6 nitrogen and oxygen atoms in total. The fourth-order valence-electron chi connectivity index (χ4n) is 4.76. The molecule has 0 amide bonds. The Kier molecular flexibility index (Phi) is 6.77. The number of rotatable bonds is 9. The lowest BCUT2D eigenvalue weighted by Gasteiger charge is -2.13. The van der Waals surface area contributed by atoms with Gasteiger partial charge in [-0.15, -0.1) is 11.3 Å². The van der Waals surface area contributed by atoms with E-state index in [9.17, 15) is 4.79 Å². The van der Waals surface area contributed by atoms with Crippen molar-refractivity contribution in [2.24, 2.45) is 0 Å². The van der Waals surface area contributed by atoms with Gasteiger partial charge in [0.15, 0.2) is 11.6 Å². The van der Waals surface area contributed by atoms with Crippen molar-refractivity contribution in [1.29, 1.82) is 0 Å². The number of aryl methyl sites for hydroxylation is 1. The van der Waals surface area contributed by atoms with Crippen molar-refractivity contribution in [3.05, 3.63) is 107 Å². The van der Waals surface area contributed by atoms with E-state index in [2.05, 4.69) is 39.0 Å². The number of hydrogen-bond donors (Lipinski definition) is 2. The molecule has 3 aromatic carbocycles. The van der Waals surface area contributed by atoms with E-state index in [-0.39, 0.29) is 11.7 Å². The Morgan fingerprint density at radius 3 is 2.85 bits per heavy atom. The van der Waals surface area contributed by atoms with Gasteiger partial charge in [-0.2, -0.15) is 0 Å². The van der Waals surface area contributed by atoms with E-state index in [0.717, 1.165) is 40.5 Å². The first-order valence-electron chi connectivity index (χ1n) is 12.7. The summed E-state index contributed by atoms with van der Waals surface area (Å²) in [6, 6.07) is 19.1. The van der Waals surface area contributed by atoms with Crippen LogP contribution >= 0.6 is 11.3 Å². The van der Waals surface area contributed by atoms with Gasteiger partial charge in [-0.05, 0) is 35.7 Å². The molecule has 0 bridgehead atoms. The Labute approximate surface area is 228 Å². The lowest BCUT2D eigenvalue weighted by atomic mass is 9.95. The van der Waals surface area contributed by atoms with Crippen LogP contribution in [0.25, 0.3) is 32.9 Å². The quantitative estimate of drug-likeness (QED) is 0.184. The molecule has 39 heavy (non-hydrogen) atoms. The molecule has 0 spiro atoms. The number of carbonyl (C=O) groups excluding carboxylic acids is 1. The first-order valence-corrected chi connectivity index (χ1v) is 13.5. The largest absolute Gasteiger partial charge is 0.453 e. The summed E-state index contributed by atoms with van der Waals surface area (Å²) in [5.41, 5.74) is 5.39. The van der Waals surface area contributed by atoms with Crippen LogP contribution in [0.4, 0.5) is 4.39 Å². The van der Waals surface area contributed by atoms with Crippen LogP contribution in [0.15, 0.2) is 84.6 Å². The molecule has 194 valence electrons. The molecule has 1 atom stereocenters. The van der Waals surface area contributed by atoms with E-state index < -0.39 is 5.82 Å². The van der Waals surface area contributed by atoms with Gasteiger partial charge in [0.25, 0.3) is 0 Å². The summed E-state index contributed by atoms with van der Waals surface area (Å²) in [7, 11) is 0. The van der Waals surface area contributed by atoms with Gasteiger partial charge in [0.1, 0.15) is 22.9 Å². The van der Waals surface area contributed by atoms with Crippen LogP contribution in [-0.2, 0) is 11.2 Å². The molecular formula is C31H25FN4O2S. The topological polar surface area (TPSA) is 83.7 Å². The highest BCUT2D eigenvalue weighted by Crippen LogP contribution is 2.42. The van der Waals surface area contributed by atoms with Crippen molar-refractivity contribution in [2.75, 3.05) is 0 Å². The number of carbonyl (C=O) groups is 1. The van der Waals surface area contributed by atoms with Crippen molar-refractivity contribution in [2.45, 2.75) is 25.7 Å². The number of halogens is 1. The molecule has 0 fully saturated rings. The maximum Gasteiger partial charge on any atom is 0.174 e. The summed E-state index contributed by atoms with van der Waals surface area (Å²) in [6.45, 7) is 2.12. The molecule has 3 heterocycles. The van der Waals surface area contributed by atoms with Gasteiger partial charge in [0.2, 0.25) is 0 Å². The van der Waals surface area contributed by atoms with E-state index in [1.165, 1.54) is 17.4 Å². The first-order chi connectivity index (χ1) is 19.1. The van der Waals surface area contributed by atoms with Crippen molar-refractivity contribution in [3.63, 3.8) is 0 Å². The predicted molar refractivity (Wildman–Crippen MR) is 152 cm³/mol. The third-order valence-electron chi connectivity index (χ3n) is 6.80. The molecule has 3 aromatic heterocycles. The standard InChI is InChI=1S/C31H25FN4O2S/c1-19(21-7-2-5-20(15-21)6-4-13-37)27-18-35-30(36-27)22-8-3-9-23(16-22)38-29-25(32)17-26-24(10-11-33-26)28(29)31-34-12-14-39-31/h2-3,5,7-19,33H,4,6H2,1H3,(H,35,36). The molecule has 6 rings (SSSR count). The number of benzene rings is 3. The second-order valence-corrected chi connectivity index (χ2v) is 10.2. The van der Waals surface area contributed by atoms with Crippen molar-refractivity contribution in [1.82, 2.24) is 19.9 Å². The SMILES string of the molecule is CC(c1cccc(CCC=O)c1)c1cnc(-c2cccc(Oc3c(F)cc4[nH]ccc4c3-c3nccs3)c2)[nH]1. The summed E-state index contributed by atoms with van der Waals surface area (Å²) < 4.78 is 21.5. The van der Waals surface area contributed by atoms with Crippen LogP contribution in [0, 0.1) is 5.82 Å². The van der Waals surface area contributed by atoms with Crippen molar-refractivity contribution in [3.8, 4) is 33.5 Å². The van der Waals surface area contributed by atoms with Crippen molar-refractivity contribution >= 4 is 28.5 Å². The fraction of sp³-hybridized carbons (Fsp3) is 0.129. The molecule has 0 saturated heterocycles. The Bertz CT molecular complexity index is 1760. The number of aldehydes is 1. The average Bonchev–Trinajstić information content (AvgIpc) is 3.75. The molecule has 6 aromatic rings. The maximum atomic E-state index is 15.3. The Morgan fingerprint density at radius 1 is 1.10 bits per heavy atom. The van der Waals surface area contributed by atoms with Crippen LogP contribution < -0.4 is 4.74 Å². The number of aromatic amines is 2. The highest BCUT2D eigenvalue weighted by Gasteiger charge is 2.21. The third kappa shape index (κ3) is 4.98. The second kappa shape index (κ2) is 10.7. The lowest BCUT2D eigenvalue weighted by Crippen LogP contribution is -1.98. The average molecular weight is 537 g/mol. The number of nitrogens with one attached hydrogen (secondary N) is 2. The minimum absolute atomic E-state index is 0.0879. The van der Waals surface area contributed by atoms with Crippen LogP contribution in [0.1, 0.15) is 36.1 Å². The first kappa shape index (κ1) is 24.8. The minimum Gasteiger partial charge on any atom is -0.453 e. The second-order valence-electron chi connectivity index (χ2n) is 9.33. The maximum absolute atomic E-state index is 15.3. The number of fused-ring (bicyclic) bond motifs is 1. The normalized spacial score (nSPS) is 12.1. The van der Waals surface area contributed by atoms with E-state index >= 15 is 4.39 Å². The van der Waals surface area contributed by atoms with Gasteiger partial charge in [0.05, 0.1) is 5.56 Å². The van der Waals surface area contributed by atoms with E-state index in [1.54, 1.807) is 18.5 Å². The van der Waals surface area contributed by atoms with Gasteiger partial charge in [-0.25, -0.2) is 14.4 Å². The smallest absolute Gasteiger partial charge is 0.174 e. The molecule has 0 aliphatic carbocycles. The molecule has 0 radical (unpaired) electrons. The molecular weight excluding hydrogens is 511 g/mol. The zero-order valence-electron chi connectivity index (χ0n) is 21.1. The van der Waals surface area contributed by atoms with Crippen molar-refractivity contribution < 1.29 is 13.9 Å². The van der Waals surface area contributed by atoms with Gasteiger partial charge >= 0.3 is 0 Å². The Morgan fingerprint density at radius 2 is 2.00 bits per heavy atom. The zero-order chi connectivity index (χ0) is 26.8. The summed E-state index contributed by atoms with van der Waals surface area (Å²) >= 11 is 1.43. The van der Waals surface area contributed by atoms with Gasteiger partial charge < -0.3 is 19.5 Å². The highest BCUT2D eigenvalue weighted by molar-refractivity contribution is 7.13. The minimum atomic E-state index is -0.468. The number of nitrogens with zero attached hydrogens (tertiary/aromatic N) is 2. The fourth-order valence-corrected chi connectivity index (χ4v) is 5.46. The number of ether oxygens (including phenoxy) is 1. The summed E-state index contributed by atoms with van der Waals surface area (Å²) in [4.78, 5) is 26.3. The Hall–Kier alpha value is -4.56. The highest BCUT2D eigenvalue weighted by atomic mass is 32.1. The van der Waals surface area contributed by atoms with Gasteiger partial charge in [-0.3, -0.25) is 0 Å². The van der Waals surface area contributed by atoms with Gasteiger partial charge in [-0.1, -0.05) is 43.3 Å². The molecule has 1 unspecified atom stereocenters. The van der Waals surface area contributed by atoms with Crippen LogP contribution in [-0.4, -0.2) is 26.2 Å². The van der Waals surface area contributed by atoms with Gasteiger partial charge in [0, 0.05) is 64.5 Å². The van der Waals surface area contributed by atoms with Crippen LogP contribution in [0.2, 0.25) is 0 Å². The number of H-pyrrole nitrogens is 2. The monoisotopic (exact) mass is 536 g/mol. The third-order valence-corrected chi connectivity index (χ3v) is 7.59. The molecule has 8 heteroatoms. The van der Waals surface area contributed by atoms with E-state index in [1.807, 2.05) is 48.0 Å². The van der Waals surface area contributed by atoms with E-state index in [0.29, 0.717) is 34.1 Å². The summed E-state index contributed by atoms with van der Waals surface area (Å²) in [6.07, 6.45) is 7.51. The van der Waals surface area contributed by atoms with Crippen LogP contribution in [0.5, 0.6) is 11.5 Å². The number of aromatic nitrogens is 4. The number of imidazole rings is 1. The molecule has 2 N–H and O–H groups in total. The molecule has 0 saturated carbocycles. The predicted octanol–water partition coefficient (Wildman–Crippen LogP) is 7.90. The summed E-state index contributed by atoms with van der Waals surface area (Å²) in [5, 5.41) is 3.39. The summed E-state index contributed by atoms with van der Waals surface area (Å²) in [5.74, 6) is 0.946. The molecule has 0 aliphatic heterocycles. The zero-order valence-corrected chi connectivity index (χ0v) is 22.0. The number of thiazole rings is 1. The molecule has 0 aliphatic rings. The Balaban J connectivity index is 1.29. The number of hydrogen-bond acceptors (Lipinski definition) is 5. The lowest BCUT2D eigenvalue weighted by molar-refractivity contribution is -0.107. The van der Waals surface area contributed by atoms with Crippen LogP contribution in [0.3, 0.4) is 0 Å².